The maximum absolute atomic E-state index is 13.8. The molecule has 3 heterocycles. The van der Waals surface area contributed by atoms with E-state index in [0.717, 1.165) is 16.9 Å². The molecule has 0 spiro atoms. The van der Waals surface area contributed by atoms with Crippen molar-refractivity contribution in [2.24, 2.45) is 0 Å². The molecule has 2 atom stereocenters. The van der Waals surface area contributed by atoms with Crippen LogP contribution in [0.3, 0.4) is 0 Å². The molecule has 52 heavy (non-hydrogen) atoms. The summed E-state index contributed by atoms with van der Waals surface area (Å²) >= 11 is 0. The number of methoxy groups -OCH3 is 1. The Morgan fingerprint density at radius 2 is 1.63 bits per heavy atom. The first kappa shape index (κ1) is 39.4. The molecule has 1 aliphatic rings. The number of amides is 3. The Balaban J connectivity index is 1.46. The van der Waals surface area contributed by atoms with Crippen molar-refractivity contribution < 1.29 is 38.1 Å². The minimum absolute atomic E-state index is 0.0130. The topological polar surface area (TPSA) is 153 Å². The largest absolute Gasteiger partial charge is 0.467 e. The summed E-state index contributed by atoms with van der Waals surface area (Å²) in [6.45, 7) is 11.2. The Morgan fingerprint density at radius 1 is 0.923 bits per heavy atom. The number of ether oxygens (including phenoxy) is 4. The van der Waals surface area contributed by atoms with E-state index in [0.29, 0.717) is 25.2 Å². The lowest BCUT2D eigenvalue weighted by molar-refractivity contribution is -0.145. The average Bonchev–Trinajstić information content (AvgIpc) is 3.51. The lowest BCUT2D eigenvalue weighted by Gasteiger charge is -2.31. The van der Waals surface area contributed by atoms with Gasteiger partial charge in [0.25, 0.3) is 0 Å². The highest BCUT2D eigenvalue weighted by Gasteiger charge is 2.46. The van der Waals surface area contributed by atoms with Crippen molar-refractivity contribution in [1.82, 2.24) is 19.8 Å². The van der Waals surface area contributed by atoms with Gasteiger partial charge < -0.3 is 29.2 Å². The number of pyridine rings is 2. The van der Waals surface area contributed by atoms with Crippen LogP contribution in [0.5, 0.6) is 0 Å². The van der Waals surface area contributed by atoms with Crippen molar-refractivity contribution in [3.05, 3.63) is 78.1 Å². The highest BCUT2D eigenvalue weighted by atomic mass is 16.6. The summed E-state index contributed by atoms with van der Waals surface area (Å²) in [5, 5.41) is 3.28. The Labute approximate surface area is 305 Å². The predicted octanol–water partition coefficient (Wildman–Crippen LogP) is 6.71. The third-order valence-electron chi connectivity index (χ3n) is 7.85. The van der Waals surface area contributed by atoms with Crippen molar-refractivity contribution >= 4 is 41.6 Å². The van der Waals surface area contributed by atoms with E-state index in [1.165, 1.54) is 16.9 Å². The standard InChI is InChI=1S/C38H50N6O8/c1-37(2,3)51-35(47)43-24-29(23-30(43)33(45)49-8)44(36(48)52-38(4,5)6)32-18-12-17-31(41-32)40-28-19-20-39-27(22-28)16-13-21-42(7)34(46)50-25-26-14-10-9-11-15-26/h9-12,14-15,17-20,22,29-30H,13,16,21,23-25H2,1-8H3,(H,39,40,41)/t29-,30-/m0/s1. The van der Waals surface area contributed by atoms with E-state index in [1.807, 2.05) is 36.4 Å². The molecule has 280 valence electrons. The lowest BCUT2D eigenvalue weighted by atomic mass is 10.1. The summed E-state index contributed by atoms with van der Waals surface area (Å²) < 4.78 is 21.8. The maximum atomic E-state index is 13.8. The molecule has 0 saturated carbocycles. The van der Waals surface area contributed by atoms with Crippen LogP contribution in [0.4, 0.5) is 31.7 Å². The third-order valence-corrected chi connectivity index (χ3v) is 7.85. The summed E-state index contributed by atoms with van der Waals surface area (Å²) in [7, 11) is 2.95. The van der Waals surface area contributed by atoms with Crippen molar-refractivity contribution in [2.75, 3.05) is 37.5 Å². The SMILES string of the molecule is COC(=O)[C@@H]1C[C@H](N(C(=O)OC(C)(C)C)c2cccc(Nc3ccnc(CCCN(C)C(=O)OCc4ccccc4)c3)n2)CN1C(=O)OC(C)(C)C. The van der Waals surface area contributed by atoms with Crippen molar-refractivity contribution in [3.63, 3.8) is 0 Å². The second-order valence-corrected chi connectivity index (χ2v) is 14.5. The number of nitrogens with one attached hydrogen (secondary N) is 1. The van der Waals surface area contributed by atoms with Gasteiger partial charge in [0.1, 0.15) is 35.5 Å². The van der Waals surface area contributed by atoms with Crippen LogP contribution in [0.25, 0.3) is 0 Å². The van der Waals surface area contributed by atoms with E-state index < -0.39 is 47.5 Å². The molecule has 0 radical (unpaired) electrons. The summed E-state index contributed by atoms with van der Waals surface area (Å²) in [6.07, 6.45) is 1.28. The molecule has 3 aromatic rings. The third kappa shape index (κ3) is 11.6. The molecule has 14 heteroatoms. The highest BCUT2D eigenvalue weighted by Crippen LogP contribution is 2.31. The number of carbonyl (C=O) groups excluding carboxylic acids is 4. The first-order valence-corrected chi connectivity index (χ1v) is 17.2. The fourth-order valence-electron chi connectivity index (χ4n) is 5.51. The number of hydrogen-bond donors (Lipinski definition) is 1. The second-order valence-electron chi connectivity index (χ2n) is 14.5. The Bertz CT molecular complexity index is 1690. The molecular formula is C38H50N6O8. The van der Waals surface area contributed by atoms with Crippen molar-refractivity contribution in [3.8, 4) is 0 Å². The van der Waals surface area contributed by atoms with E-state index >= 15 is 0 Å². The van der Waals surface area contributed by atoms with Crippen molar-refractivity contribution in [1.29, 1.82) is 0 Å². The van der Waals surface area contributed by atoms with Gasteiger partial charge in [0.05, 0.1) is 13.2 Å². The Morgan fingerprint density at radius 3 is 2.31 bits per heavy atom. The fourth-order valence-corrected chi connectivity index (χ4v) is 5.51. The van der Waals surface area contributed by atoms with Crippen LogP contribution >= 0.6 is 0 Å². The Hall–Kier alpha value is -5.40. The van der Waals surface area contributed by atoms with E-state index in [9.17, 15) is 19.2 Å². The summed E-state index contributed by atoms with van der Waals surface area (Å²) in [5.74, 6) is 0.0787. The smallest absolute Gasteiger partial charge is 0.416 e. The normalized spacial score (nSPS) is 15.7. The number of rotatable bonds is 11. The number of esters is 1. The van der Waals surface area contributed by atoms with E-state index in [1.54, 1.807) is 84.0 Å². The second kappa shape index (κ2) is 17.2. The lowest BCUT2D eigenvalue weighted by Crippen LogP contribution is -2.46. The summed E-state index contributed by atoms with van der Waals surface area (Å²) in [6, 6.07) is 16.7. The number of nitrogens with zero attached hydrogens (tertiary/aromatic N) is 5. The monoisotopic (exact) mass is 718 g/mol. The van der Waals surface area contributed by atoms with Gasteiger partial charge in [0, 0.05) is 44.1 Å². The van der Waals surface area contributed by atoms with Gasteiger partial charge in [-0.2, -0.15) is 0 Å². The number of aromatic nitrogens is 2. The van der Waals surface area contributed by atoms with Gasteiger partial charge in [0.2, 0.25) is 0 Å². The number of likely N-dealkylation sites (tertiary alicyclic amines) is 1. The van der Waals surface area contributed by atoms with E-state index in [-0.39, 0.29) is 25.4 Å². The minimum atomic E-state index is -0.981. The quantitative estimate of drug-likeness (QED) is 0.166. The summed E-state index contributed by atoms with van der Waals surface area (Å²) in [4.78, 5) is 65.6. The highest BCUT2D eigenvalue weighted by molar-refractivity contribution is 5.89. The van der Waals surface area contributed by atoms with Crippen LogP contribution in [-0.2, 0) is 36.8 Å². The van der Waals surface area contributed by atoms with Crippen LogP contribution in [0.1, 0.15) is 65.6 Å². The van der Waals surface area contributed by atoms with Crippen LogP contribution < -0.4 is 10.2 Å². The number of carbonyl (C=O) groups is 4. The zero-order valence-electron chi connectivity index (χ0n) is 31.3. The summed E-state index contributed by atoms with van der Waals surface area (Å²) in [5.41, 5.74) is 0.816. The van der Waals surface area contributed by atoms with E-state index in [4.69, 9.17) is 23.9 Å². The maximum Gasteiger partial charge on any atom is 0.416 e. The van der Waals surface area contributed by atoms with Crippen LogP contribution in [-0.4, -0.2) is 94.5 Å². The van der Waals surface area contributed by atoms with Crippen molar-refractivity contribution in [2.45, 2.75) is 90.7 Å². The number of hydrogen-bond acceptors (Lipinski definition) is 11. The van der Waals surface area contributed by atoms with Gasteiger partial charge in [0.15, 0.2) is 0 Å². The minimum Gasteiger partial charge on any atom is -0.467 e. The van der Waals surface area contributed by atoms with Gasteiger partial charge in [-0.05, 0) is 84.2 Å². The molecule has 0 bridgehead atoms. The molecule has 1 fully saturated rings. The van der Waals surface area contributed by atoms with Crippen LogP contribution in [0.15, 0.2) is 66.9 Å². The molecule has 0 aliphatic carbocycles. The zero-order chi connectivity index (χ0) is 38.1. The van der Waals surface area contributed by atoms with Crippen LogP contribution in [0, 0.1) is 0 Å². The molecule has 3 amide bonds. The molecule has 1 aromatic carbocycles. The first-order valence-electron chi connectivity index (χ1n) is 17.2. The van der Waals surface area contributed by atoms with Gasteiger partial charge in [-0.15, -0.1) is 0 Å². The van der Waals surface area contributed by atoms with Gasteiger partial charge in [-0.1, -0.05) is 36.4 Å². The van der Waals surface area contributed by atoms with Gasteiger partial charge in [-0.25, -0.2) is 24.2 Å². The first-order chi connectivity index (χ1) is 24.5. The average molecular weight is 719 g/mol. The molecule has 0 unspecified atom stereocenters. The molecule has 2 aromatic heterocycles. The fraction of sp³-hybridized carbons (Fsp3) is 0.474. The molecule has 4 rings (SSSR count). The molecule has 1 saturated heterocycles. The van der Waals surface area contributed by atoms with Gasteiger partial charge >= 0.3 is 24.2 Å². The molecule has 14 nitrogen and oxygen atoms in total. The number of benzene rings is 1. The Kier molecular flexibility index (Phi) is 13.0. The van der Waals surface area contributed by atoms with Crippen LogP contribution in [0.2, 0.25) is 0 Å². The molecule has 1 N–H and O–H groups in total. The van der Waals surface area contributed by atoms with E-state index in [2.05, 4.69) is 10.3 Å². The predicted molar refractivity (Wildman–Crippen MR) is 195 cm³/mol. The van der Waals surface area contributed by atoms with Gasteiger partial charge in [-0.3, -0.25) is 14.8 Å². The zero-order valence-corrected chi connectivity index (χ0v) is 31.3. The molecule has 1 aliphatic heterocycles. The number of anilines is 3. The molecular weight excluding hydrogens is 668 g/mol. The number of aryl methyl sites for hydroxylation is 1.